The highest BCUT2D eigenvalue weighted by molar-refractivity contribution is 5.45. The van der Waals surface area contributed by atoms with Crippen LogP contribution in [0.25, 0.3) is 0 Å². The molecule has 1 saturated heterocycles. The quantitative estimate of drug-likeness (QED) is 0.739. The summed E-state index contributed by atoms with van der Waals surface area (Å²) in [4.78, 5) is 0. The van der Waals surface area contributed by atoms with Gasteiger partial charge in [-0.05, 0) is 68.5 Å². The molecule has 0 radical (unpaired) electrons. The number of rotatable bonds is 0. The fraction of sp³-hybridized carbons (Fsp3) is 0.600. The Morgan fingerprint density at radius 2 is 2.28 bits per heavy atom. The summed E-state index contributed by atoms with van der Waals surface area (Å²) in [6, 6.07) is 4.54. The summed E-state index contributed by atoms with van der Waals surface area (Å²) in [7, 11) is 0. The van der Waals surface area contributed by atoms with Gasteiger partial charge >= 0.3 is 0 Å². The summed E-state index contributed by atoms with van der Waals surface area (Å²) in [5.74, 6) is 0.410. The normalized spacial score (nSPS) is 31.3. The molecule has 0 bridgehead atoms. The zero-order valence-electron chi connectivity index (χ0n) is 11.1. The van der Waals surface area contributed by atoms with E-state index in [1.165, 1.54) is 11.1 Å². The highest BCUT2D eigenvalue weighted by Gasteiger charge is 2.41. The van der Waals surface area contributed by atoms with Crippen molar-refractivity contribution in [3.05, 3.63) is 28.8 Å². The van der Waals surface area contributed by atoms with E-state index in [-0.39, 0.29) is 5.60 Å². The molecule has 2 aliphatic rings. The van der Waals surface area contributed by atoms with Crippen molar-refractivity contribution in [3.63, 3.8) is 0 Å². The maximum atomic E-state index is 9.86. The number of nitrogens with one attached hydrogen (secondary N) is 1. The summed E-state index contributed by atoms with van der Waals surface area (Å²) >= 11 is 0. The molecule has 2 aliphatic heterocycles. The van der Waals surface area contributed by atoms with Crippen molar-refractivity contribution >= 4 is 0 Å². The molecule has 3 rings (SSSR count). The van der Waals surface area contributed by atoms with Crippen LogP contribution in [-0.2, 0) is 16.8 Å². The van der Waals surface area contributed by atoms with Crippen molar-refractivity contribution in [3.8, 4) is 5.75 Å². The lowest BCUT2D eigenvalue weighted by molar-refractivity contribution is -0.0879. The van der Waals surface area contributed by atoms with Crippen LogP contribution in [0.15, 0.2) is 12.1 Å². The van der Waals surface area contributed by atoms with Gasteiger partial charge < -0.3 is 15.2 Å². The molecule has 0 saturated carbocycles. The minimum atomic E-state index is -0.128. The number of phenolic OH excluding ortho intramolecular Hbond substituents is 1. The molecular weight excluding hydrogens is 226 g/mol. The molecule has 2 N–H and O–H groups in total. The second kappa shape index (κ2) is 4.25. The summed E-state index contributed by atoms with van der Waals surface area (Å²) in [5.41, 5.74) is 3.39. The number of hydrogen-bond donors (Lipinski definition) is 2. The second-order valence-corrected chi connectivity index (χ2v) is 5.70. The lowest BCUT2D eigenvalue weighted by Crippen LogP contribution is -2.48. The predicted molar refractivity (Wildman–Crippen MR) is 70.9 cm³/mol. The molecule has 1 fully saturated rings. The largest absolute Gasteiger partial charge is 0.508 e. The Labute approximate surface area is 108 Å². The summed E-state index contributed by atoms with van der Waals surface area (Å²) < 4.78 is 6.18. The van der Waals surface area contributed by atoms with Gasteiger partial charge in [-0.25, -0.2) is 0 Å². The Bertz CT molecular complexity index is 472. The van der Waals surface area contributed by atoms with Gasteiger partial charge in [0.25, 0.3) is 0 Å². The van der Waals surface area contributed by atoms with Gasteiger partial charge in [-0.3, -0.25) is 0 Å². The van der Waals surface area contributed by atoms with Crippen LogP contribution in [0.5, 0.6) is 5.75 Å². The van der Waals surface area contributed by atoms with Crippen LogP contribution in [0.2, 0.25) is 0 Å². The van der Waals surface area contributed by atoms with Gasteiger partial charge in [0.05, 0.1) is 12.2 Å². The highest BCUT2D eigenvalue weighted by Crippen LogP contribution is 2.43. The number of ether oxygens (including phenoxy) is 1. The minimum absolute atomic E-state index is 0.128. The molecule has 2 atom stereocenters. The molecule has 2 heterocycles. The molecule has 2 unspecified atom stereocenters. The first kappa shape index (κ1) is 12.0. The molecule has 98 valence electrons. The minimum Gasteiger partial charge on any atom is -0.508 e. The molecule has 1 aromatic rings. The van der Waals surface area contributed by atoms with E-state index in [1.54, 1.807) is 0 Å². The lowest BCUT2D eigenvalue weighted by Gasteiger charge is -2.44. The number of aryl methyl sites for hydroxylation is 1. The average molecular weight is 247 g/mol. The van der Waals surface area contributed by atoms with E-state index in [4.69, 9.17) is 4.74 Å². The van der Waals surface area contributed by atoms with Crippen molar-refractivity contribution in [1.29, 1.82) is 0 Å². The van der Waals surface area contributed by atoms with Crippen LogP contribution in [0.4, 0.5) is 0 Å². The zero-order valence-corrected chi connectivity index (χ0v) is 11.1. The molecule has 1 aromatic carbocycles. The van der Waals surface area contributed by atoms with Gasteiger partial charge in [-0.1, -0.05) is 0 Å². The van der Waals surface area contributed by atoms with Gasteiger partial charge in [-0.15, -0.1) is 0 Å². The molecule has 3 heteroatoms. The summed E-state index contributed by atoms with van der Waals surface area (Å²) in [6.45, 7) is 5.94. The molecule has 0 aromatic heterocycles. The molecule has 0 aliphatic carbocycles. The van der Waals surface area contributed by atoms with E-state index in [0.29, 0.717) is 11.8 Å². The zero-order chi connectivity index (χ0) is 12.8. The van der Waals surface area contributed by atoms with Gasteiger partial charge in [0.2, 0.25) is 0 Å². The summed E-state index contributed by atoms with van der Waals surface area (Å²) in [5, 5.41) is 13.3. The Kier molecular flexibility index (Phi) is 2.83. The molecule has 3 nitrogen and oxygen atoms in total. The third-order valence-electron chi connectivity index (χ3n) is 4.32. The van der Waals surface area contributed by atoms with E-state index in [0.717, 1.165) is 38.0 Å². The van der Waals surface area contributed by atoms with Crippen molar-refractivity contribution in [2.75, 3.05) is 13.2 Å². The number of phenols is 1. The van der Waals surface area contributed by atoms with Crippen molar-refractivity contribution in [1.82, 2.24) is 5.32 Å². The SMILES string of the molecule is Cc1cc2c(cc1O)CCOC21CCNC(C)C1. The number of fused-ring (bicyclic) bond motifs is 2. The Hall–Kier alpha value is -1.06. The third-order valence-corrected chi connectivity index (χ3v) is 4.32. The first-order chi connectivity index (χ1) is 8.61. The van der Waals surface area contributed by atoms with Crippen LogP contribution in [-0.4, -0.2) is 24.3 Å². The molecule has 1 spiro atoms. The highest BCUT2D eigenvalue weighted by atomic mass is 16.5. The van der Waals surface area contributed by atoms with Crippen molar-refractivity contribution in [2.45, 2.75) is 44.8 Å². The van der Waals surface area contributed by atoms with Crippen LogP contribution in [0, 0.1) is 6.92 Å². The lowest BCUT2D eigenvalue weighted by atomic mass is 9.77. The van der Waals surface area contributed by atoms with Gasteiger partial charge in [-0.2, -0.15) is 0 Å². The second-order valence-electron chi connectivity index (χ2n) is 5.70. The maximum Gasteiger partial charge on any atom is 0.118 e. The van der Waals surface area contributed by atoms with Crippen LogP contribution in [0.1, 0.15) is 36.5 Å². The van der Waals surface area contributed by atoms with Gasteiger partial charge in [0.15, 0.2) is 0 Å². The first-order valence-electron chi connectivity index (χ1n) is 6.81. The van der Waals surface area contributed by atoms with E-state index >= 15 is 0 Å². The van der Waals surface area contributed by atoms with Gasteiger partial charge in [0, 0.05) is 6.04 Å². The standard InChI is InChI=1S/C15H21NO2/c1-10-7-13-12(8-14(10)17)3-6-18-15(13)4-5-16-11(2)9-15/h7-8,11,16-17H,3-6,9H2,1-2H3. The third kappa shape index (κ3) is 1.82. The maximum absolute atomic E-state index is 9.86. The molecule has 18 heavy (non-hydrogen) atoms. The van der Waals surface area contributed by atoms with Gasteiger partial charge in [0.1, 0.15) is 5.75 Å². The fourth-order valence-electron chi connectivity index (χ4n) is 3.37. The van der Waals surface area contributed by atoms with Crippen LogP contribution >= 0.6 is 0 Å². The van der Waals surface area contributed by atoms with E-state index in [9.17, 15) is 5.11 Å². The first-order valence-corrected chi connectivity index (χ1v) is 6.81. The fourth-order valence-corrected chi connectivity index (χ4v) is 3.37. The molecular formula is C15H21NO2. The topological polar surface area (TPSA) is 41.5 Å². The average Bonchev–Trinajstić information content (AvgIpc) is 2.32. The Morgan fingerprint density at radius 3 is 3.06 bits per heavy atom. The smallest absolute Gasteiger partial charge is 0.118 e. The van der Waals surface area contributed by atoms with E-state index < -0.39 is 0 Å². The molecule has 0 amide bonds. The van der Waals surface area contributed by atoms with E-state index in [1.807, 2.05) is 13.0 Å². The van der Waals surface area contributed by atoms with E-state index in [2.05, 4.69) is 18.3 Å². The number of hydrogen-bond acceptors (Lipinski definition) is 3. The van der Waals surface area contributed by atoms with Crippen molar-refractivity contribution in [2.24, 2.45) is 0 Å². The number of aromatic hydroxyl groups is 1. The Balaban J connectivity index is 2.08. The number of piperidine rings is 1. The monoisotopic (exact) mass is 247 g/mol. The van der Waals surface area contributed by atoms with Crippen LogP contribution in [0.3, 0.4) is 0 Å². The van der Waals surface area contributed by atoms with Crippen LogP contribution < -0.4 is 5.32 Å². The van der Waals surface area contributed by atoms with Crippen molar-refractivity contribution < 1.29 is 9.84 Å². The Morgan fingerprint density at radius 1 is 1.44 bits per heavy atom. The number of benzene rings is 1. The summed E-state index contributed by atoms with van der Waals surface area (Å²) in [6.07, 6.45) is 2.95. The predicted octanol–water partition coefficient (Wildman–Crippen LogP) is 2.24.